The summed E-state index contributed by atoms with van der Waals surface area (Å²) in [6.45, 7) is 4.48. The van der Waals surface area contributed by atoms with Crippen molar-refractivity contribution in [3.8, 4) is 34.2 Å². The standard InChI is InChI=1S/C28H27FN6O/c1-33-8-7-18(15-33)16-35-17-32-28-24(35)14-31-27(26(28)19-3-4-21(13-30)22(29)11-19)20-5-6-23-25(12-20)36-10-9-34(23)2/h3-6,11-12,14,17-18H,7-10,15-16H2,1-2H3/t18-/m0/s1. The van der Waals surface area contributed by atoms with Crippen molar-refractivity contribution in [1.29, 1.82) is 5.26 Å². The van der Waals surface area contributed by atoms with Gasteiger partial charge in [-0.2, -0.15) is 5.26 Å². The Morgan fingerprint density at radius 3 is 2.75 bits per heavy atom. The highest BCUT2D eigenvalue weighted by Crippen LogP contribution is 2.40. The second kappa shape index (κ2) is 8.92. The van der Waals surface area contributed by atoms with Crippen molar-refractivity contribution in [3.63, 3.8) is 0 Å². The van der Waals surface area contributed by atoms with Gasteiger partial charge in [0.15, 0.2) is 0 Å². The smallest absolute Gasteiger partial charge is 0.143 e. The van der Waals surface area contributed by atoms with E-state index in [0.29, 0.717) is 23.8 Å². The molecule has 0 unspecified atom stereocenters. The monoisotopic (exact) mass is 482 g/mol. The number of ether oxygens (including phenoxy) is 1. The Morgan fingerprint density at radius 1 is 1.11 bits per heavy atom. The molecule has 1 fully saturated rings. The van der Waals surface area contributed by atoms with Gasteiger partial charge >= 0.3 is 0 Å². The van der Waals surface area contributed by atoms with Gasteiger partial charge in [-0.1, -0.05) is 12.1 Å². The quantitative estimate of drug-likeness (QED) is 0.425. The van der Waals surface area contributed by atoms with E-state index >= 15 is 0 Å². The average Bonchev–Trinajstić information content (AvgIpc) is 3.49. The van der Waals surface area contributed by atoms with Crippen molar-refractivity contribution in [2.75, 3.05) is 45.2 Å². The molecule has 1 atom stereocenters. The normalized spacial score (nSPS) is 17.7. The number of likely N-dealkylation sites (N-methyl/N-ethyl adjacent to an activating group) is 1. The Morgan fingerprint density at radius 2 is 1.97 bits per heavy atom. The Hall–Kier alpha value is -3.96. The van der Waals surface area contributed by atoms with Gasteiger partial charge in [-0.25, -0.2) is 9.37 Å². The van der Waals surface area contributed by atoms with Crippen LogP contribution in [0.15, 0.2) is 48.9 Å². The number of hydrogen-bond acceptors (Lipinski definition) is 6. The van der Waals surface area contributed by atoms with Crippen LogP contribution in [0.3, 0.4) is 0 Å². The lowest BCUT2D eigenvalue weighted by molar-refractivity contribution is 0.311. The van der Waals surface area contributed by atoms with Crippen LogP contribution in [0.5, 0.6) is 5.75 Å². The highest BCUT2D eigenvalue weighted by molar-refractivity contribution is 5.99. The van der Waals surface area contributed by atoms with Crippen molar-refractivity contribution < 1.29 is 9.13 Å². The lowest BCUT2D eigenvalue weighted by atomic mass is 9.96. The number of halogens is 1. The third-order valence-electron chi connectivity index (χ3n) is 7.32. The molecule has 36 heavy (non-hydrogen) atoms. The highest BCUT2D eigenvalue weighted by Gasteiger charge is 2.24. The maximum atomic E-state index is 14.8. The summed E-state index contributed by atoms with van der Waals surface area (Å²) in [4.78, 5) is 14.2. The molecule has 4 aromatic rings. The maximum absolute atomic E-state index is 14.8. The molecule has 2 aliphatic rings. The van der Waals surface area contributed by atoms with E-state index in [4.69, 9.17) is 14.7 Å². The largest absolute Gasteiger partial charge is 0.490 e. The topological polar surface area (TPSA) is 70.2 Å². The summed E-state index contributed by atoms with van der Waals surface area (Å²) in [6, 6.07) is 12.7. The van der Waals surface area contributed by atoms with Gasteiger partial charge < -0.3 is 19.1 Å². The lowest BCUT2D eigenvalue weighted by Crippen LogP contribution is -2.28. The van der Waals surface area contributed by atoms with Crippen LogP contribution >= 0.6 is 0 Å². The predicted octanol–water partition coefficient (Wildman–Crippen LogP) is 4.56. The summed E-state index contributed by atoms with van der Waals surface area (Å²) in [5, 5.41) is 9.24. The molecule has 1 saturated heterocycles. The van der Waals surface area contributed by atoms with Gasteiger partial charge in [0, 0.05) is 31.3 Å². The molecule has 7 nitrogen and oxygen atoms in total. The number of aromatic nitrogens is 3. The fourth-order valence-electron chi connectivity index (χ4n) is 5.38. The minimum Gasteiger partial charge on any atom is -0.490 e. The number of fused-ring (bicyclic) bond motifs is 2. The zero-order valence-electron chi connectivity index (χ0n) is 20.4. The van der Waals surface area contributed by atoms with E-state index in [1.807, 2.05) is 43.8 Å². The van der Waals surface area contributed by atoms with Crippen LogP contribution in [-0.2, 0) is 6.54 Å². The molecule has 2 aliphatic heterocycles. The molecule has 8 heteroatoms. The second-order valence-corrected chi connectivity index (χ2v) is 9.79. The number of nitriles is 1. The van der Waals surface area contributed by atoms with Gasteiger partial charge in [-0.15, -0.1) is 0 Å². The van der Waals surface area contributed by atoms with E-state index in [0.717, 1.165) is 66.2 Å². The SMILES string of the molecule is CN1CC[C@H](Cn2cnc3c(-c4ccc(C#N)c(F)c4)c(-c4ccc5c(c4)OCCN5C)ncc32)C1. The number of nitrogens with zero attached hydrogens (tertiary/aromatic N) is 6. The summed E-state index contributed by atoms with van der Waals surface area (Å²) in [7, 11) is 4.20. The number of benzene rings is 2. The Labute approximate surface area is 209 Å². The lowest BCUT2D eigenvalue weighted by Gasteiger charge is -2.28. The molecule has 0 saturated carbocycles. The Balaban J connectivity index is 1.51. The number of imidazole rings is 1. The van der Waals surface area contributed by atoms with Crippen LogP contribution in [-0.4, -0.2) is 59.8 Å². The van der Waals surface area contributed by atoms with E-state index < -0.39 is 5.82 Å². The average molecular weight is 483 g/mol. The molecule has 2 aromatic heterocycles. The summed E-state index contributed by atoms with van der Waals surface area (Å²) in [6.07, 6.45) is 4.88. The summed E-state index contributed by atoms with van der Waals surface area (Å²) < 4.78 is 22.8. The number of rotatable bonds is 4. The van der Waals surface area contributed by atoms with Crippen molar-refractivity contribution in [2.45, 2.75) is 13.0 Å². The molecule has 4 heterocycles. The van der Waals surface area contributed by atoms with Crippen LogP contribution in [0.2, 0.25) is 0 Å². The maximum Gasteiger partial charge on any atom is 0.143 e. The molecule has 2 aromatic carbocycles. The van der Waals surface area contributed by atoms with Crippen molar-refractivity contribution >= 4 is 16.7 Å². The second-order valence-electron chi connectivity index (χ2n) is 9.79. The van der Waals surface area contributed by atoms with Crippen LogP contribution in [0.25, 0.3) is 33.4 Å². The highest BCUT2D eigenvalue weighted by atomic mass is 19.1. The molecule has 0 radical (unpaired) electrons. The van der Waals surface area contributed by atoms with Crippen molar-refractivity contribution in [1.82, 2.24) is 19.4 Å². The van der Waals surface area contributed by atoms with Crippen LogP contribution < -0.4 is 9.64 Å². The van der Waals surface area contributed by atoms with E-state index in [-0.39, 0.29) is 5.56 Å². The molecule has 0 aliphatic carbocycles. The third kappa shape index (κ3) is 3.86. The third-order valence-corrected chi connectivity index (χ3v) is 7.32. The van der Waals surface area contributed by atoms with Gasteiger partial charge in [0.25, 0.3) is 0 Å². The number of likely N-dealkylation sites (tertiary alicyclic amines) is 1. The van der Waals surface area contributed by atoms with E-state index in [9.17, 15) is 9.65 Å². The fourth-order valence-corrected chi connectivity index (χ4v) is 5.38. The van der Waals surface area contributed by atoms with Crippen LogP contribution in [0.1, 0.15) is 12.0 Å². The van der Waals surface area contributed by atoms with Gasteiger partial charge in [-0.3, -0.25) is 4.98 Å². The Kier molecular flexibility index (Phi) is 5.57. The van der Waals surface area contributed by atoms with Crippen LogP contribution in [0, 0.1) is 23.1 Å². The van der Waals surface area contributed by atoms with E-state index in [2.05, 4.69) is 21.4 Å². The Bertz CT molecular complexity index is 1510. The minimum absolute atomic E-state index is 0.0153. The zero-order chi connectivity index (χ0) is 24.8. The zero-order valence-corrected chi connectivity index (χ0v) is 20.4. The fraction of sp³-hybridized carbons (Fsp3) is 0.321. The van der Waals surface area contributed by atoms with Crippen molar-refractivity contribution in [2.24, 2.45) is 5.92 Å². The first-order chi connectivity index (χ1) is 17.5. The number of pyridine rings is 1. The minimum atomic E-state index is -0.554. The van der Waals surface area contributed by atoms with E-state index in [1.165, 1.54) is 12.1 Å². The summed E-state index contributed by atoms with van der Waals surface area (Å²) in [5.41, 5.74) is 5.70. The van der Waals surface area contributed by atoms with E-state index in [1.54, 1.807) is 6.07 Å². The number of hydrogen-bond donors (Lipinski definition) is 0. The van der Waals surface area contributed by atoms with Gasteiger partial charge in [0.2, 0.25) is 0 Å². The van der Waals surface area contributed by atoms with Gasteiger partial charge in [-0.05, 0) is 55.8 Å². The molecule has 0 N–H and O–H groups in total. The van der Waals surface area contributed by atoms with Gasteiger partial charge in [0.05, 0.1) is 41.5 Å². The van der Waals surface area contributed by atoms with Crippen LogP contribution in [0.4, 0.5) is 10.1 Å². The summed E-state index contributed by atoms with van der Waals surface area (Å²) in [5.74, 6) is 0.801. The molecule has 182 valence electrons. The number of anilines is 1. The first kappa shape index (κ1) is 22.5. The summed E-state index contributed by atoms with van der Waals surface area (Å²) >= 11 is 0. The molecular formula is C28H27FN6O. The first-order valence-electron chi connectivity index (χ1n) is 12.2. The first-order valence-corrected chi connectivity index (χ1v) is 12.2. The van der Waals surface area contributed by atoms with Gasteiger partial charge in [0.1, 0.15) is 29.8 Å². The van der Waals surface area contributed by atoms with Crippen molar-refractivity contribution in [3.05, 3.63) is 60.3 Å². The predicted molar refractivity (Wildman–Crippen MR) is 137 cm³/mol. The molecule has 0 amide bonds. The molecule has 6 rings (SSSR count). The molecule has 0 spiro atoms. The molecular weight excluding hydrogens is 455 g/mol. The molecule has 0 bridgehead atoms.